The summed E-state index contributed by atoms with van der Waals surface area (Å²) < 4.78 is 2.62. The fraction of sp³-hybridized carbons (Fsp3) is 0.308. The van der Waals surface area contributed by atoms with E-state index in [0.29, 0.717) is 17.1 Å². The summed E-state index contributed by atoms with van der Waals surface area (Å²) in [5, 5.41) is 15.8. The molecular weight excluding hydrogens is 244 g/mol. The van der Waals surface area contributed by atoms with Crippen molar-refractivity contribution in [3.05, 3.63) is 40.4 Å². The third kappa shape index (κ3) is 1.95. The number of nitriles is 1. The summed E-state index contributed by atoms with van der Waals surface area (Å²) in [6, 6.07) is 10.0. The van der Waals surface area contributed by atoms with E-state index in [4.69, 9.17) is 17.5 Å². The molecule has 4 nitrogen and oxygen atoms in total. The highest BCUT2D eigenvalue weighted by molar-refractivity contribution is 7.71. The molecular formula is C13H12N4S. The molecule has 1 aliphatic rings. The summed E-state index contributed by atoms with van der Waals surface area (Å²) in [7, 11) is 0. The zero-order chi connectivity index (χ0) is 12.5. The Labute approximate surface area is 110 Å². The number of hydrogen-bond acceptors (Lipinski definition) is 3. The summed E-state index contributed by atoms with van der Waals surface area (Å²) in [6.45, 7) is 0. The molecule has 1 aromatic heterocycles. The van der Waals surface area contributed by atoms with E-state index in [-0.39, 0.29) is 0 Å². The molecule has 18 heavy (non-hydrogen) atoms. The average molecular weight is 256 g/mol. The second kappa shape index (κ2) is 4.39. The first kappa shape index (κ1) is 11.2. The van der Waals surface area contributed by atoms with Crippen molar-refractivity contribution in [2.45, 2.75) is 25.2 Å². The van der Waals surface area contributed by atoms with E-state index in [1.807, 2.05) is 28.8 Å². The second-order valence-corrected chi connectivity index (χ2v) is 4.88. The smallest absolute Gasteiger partial charge is 0.199 e. The maximum Gasteiger partial charge on any atom is 0.199 e. The van der Waals surface area contributed by atoms with Crippen molar-refractivity contribution in [2.24, 2.45) is 0 Å². The van der Waals surface area contributed by atoms with Crippen LogP contribution in [0.4, 0.5) is 0 Å². The number of hydrogen-bond donors (Lipinski definition) is 1. The van der Waals surface area contributed by atoms with Gasteiger partial charge in [0.15, 0.2) is 4.77 Å². The van der Waals surface area contributed by atoms with Gasteiger partial charge in [0.1, 0.15) is 5.82 Å². The lowest BCUT2D eigenvalue weighted by molar-refractivity contribution is 0.868. The van der Waals surface area contributed by atoms with E-state index in [2.05, 4.69) is 16.3 Å². The third-order valence-electron chi connectivity index (χ3n) is 3.12. The van der Waals surface area contributed by atoms with Gasteiger partial charge in [-0.15, -0.1) is 0 Å². The van der Waals surface area contributed by atoms with Crippen LogP contribution in [0.2, 0.25) is 0 Å². The van der Waals surface area contributed by atoms with Crippen LogP contribution in [0.1, 0.15) is 30.1 Å². The monoisotopic (exact) mass is 256 g/mol. The summed E-state index contributed by atoms with van der Waals surface area (Å²) in [4.78, 5) is 0. The molecule has 3 rings (SSSR count). The summed E-state index contributed by atoms with van der Waals surface area (Å²) >= 11 is 5.28. The van der Waals surface area contributed by atoms with Gasteiger partial charge >= 0.3 is 0 Å². The van der Waals surface area contributed by atoms with Gasteiger partial charge in [-0.05, 0) is 42.8 Å². The largest absolute Gasteiger partial charge is 0.272 e. The second-order valence-electron chi connectivity index (χ2n) is 4.50. The van der Waals surface area contributed by atoms with Crippen LogP contribution in [-0.2, 0) is 6.42 Å². The number of benzene rings is 1. The molecule has 1 aromatic carbocycles. The minimum atomic E-state index is 0.437. The Morgan fingerprint density at radius 2 is 2.11 bits per heavy atom. The first-order valence-corrected chi connectivity index (χ1v) is 6.34. The zero-order valence-corrected chi connectivity index (χ0v) is 10.6. The van der Waals surface area contributed by atoms with Gasteiger partial charge in [0.25, 0.3) is 0 Å². The maximum absolute atomic E-state index is 8.66. The van der Waals surface area contributed by atoms with Gasteiger partial charge in [-0.2, -0.15) is 10.4 Å². The van der Waals surface area contributed by atoms with Crippen LogP contribution < -0.4 is 0 Å². The fourth-order valence-electron chi connectivity index (χ4n) is 2.03. The molecule has 1 heterocycles. The standard InChI is InChI=1S/C13H12N4S/c14-8-7-9-1-5-11(6-2-9)17-12(10-3-4-10)15-16-13(17)18/h1-2,5-6,10H,3-4,7H2,(H,16,18). The lowest BCUT2D eigenvalue weighted by Crippen LogP contribution is -2.00. The molecule has 1 aliphatic carbocycles. The topological polar surface area (TPSA) is 57.4 Å². The fourth-order valence-corrected chi connectivity index (χ4v) is 2.27. The number of rotatable bonds is 3. The lowest BCUT2D eigenvalue weighted by atomic mass is 10.1. The van der Waals surface area contributed by atoms with E-state index < -0.39 is 0 Å². The summed E-state index contributed by atoms with van der Waals surface area (Å²) in [5.74, 6) is 1.56. The van der Waals surface area contributed by atoms with Crippen molar-refractivity contribution >= 4 is 12.2 Å². The van der Waals surface area contributed by atoms with Crippen molar-refractivity contribution in [3.8, 4) is 11.8 Å². The first-order chi connectivity index (χ1) is 8.79. The predicted octanol–water partition coefficient (Wildman–Crippen LogP) is 2.87. The molecule has 0 radical (unpaired) electrons. The van der Waals surface area contributed by atoms with Crippen molar-refractivity contribution in [1.29, 1.82) is 5.26 Å². The van der Waals surface area contributed by atoms with Crippen LogP contribution in [0.25, 0.3) is 5.69 Å². The molecule has 0 saturated heterocycles. The molecule has 2 aromatic rings. The van der Waals surface area contributed by atoms with Crippen LogP contribution in [0.5, 0.6) is 0 Å². The van der Waals surface area contributed by atoms with Crippen molar-refractivity contribution in [1.82, 2.24) is 14.8 Å². The zero-order valence-electron chi connectivity index (χ0n) is 9.76. The van der Waals surface area contributed by atoms with Crippen molar-refractivity contribution < 1.29 is 0 Å². The molecule has 90 valence electrons. The van der Waals surface area contributed by atoms with Gasteiger partial charge in [0.05, 0.1) is 12.5 Å². The minimum Gasteiger partial charge on any atom is -0.272 e. The van der Waals surface area contributed by atoms with Crippen molar-refractivity contribution in [3.63, 3.8) is 0 Å². The molecule has 0 unspecified atom stereocenters. The van der Waals surface area contributed by atoms with E-state index in [1.165, 1.54) is 12.8 Å². The van der Waals surface area contributed by atoms with Crippen molar-refractivity contribution in [2.75, 3.05) is 0 Å². The van der Waals surface area contributed by atoms with Crippen LogP contribution in [0, 0.1) is 16.1 Å². The molecule has 1 fully saturated rings. The van der Waals surface area contributed by atoms with Crippen LogP contribution in [-0.4, -0.2) is 14.8 Å². The Balaban J connectivity index is 2.01. The SMILES string of the molecule is N#CCc1ccc(-n2c(C3CC3)n[nH]c2=S)cc1. The Hall–Kier alpha value is -1.93. The number of aromatic amines is 1. The van der Waals surface area contributed by atoms with Gasteiger partial charge in [0, 0.05) is 11.6 Å². The highest BCUT2D eigenvalue weighted by Crippen LogP contribution is 2.39. The quantitative estimate of drug-likeness (QED) is 0.859. The van der Waals surface area contributed by atoms with E-state index >= 15 is 0 Å². The Kier molecular flexibility index (Phi) is 2.73. The summed E-state index contributed by atoms with van der Waals surface area (Å²) in [6.07, 6.45) is 2.81. The van der Waals surface area contributed by atoms with Crippen LogP contribution in [0.15, 0.2) is 24.3 Å². The van der Waals surface area contributed by atoms with Gasteiger partial charge in [0.2, 0.25) is 0 Å². The molecule has 0 atom stereocenters. The number of aromatic nitrogens is 3. The normalized spacial score (nSPS) is 14.4. The van der Waals surface area contributed by atoms with Crippen LogP contribution >= 0.6 is 12.2 Å². The number of nitrogens with zero attached hydrogens (tertiary/aromatic N) is 3. The summed E-state index contributed by atoms with van der Waals surface area (Å²) in [5.41, 5.74) is 2.03. The average Bonchev–Trinajstić information content (AvgIpc) is 3.15. The molecule has 5 heteroatoms. The van der Waals surface area contributed by atoms with Gasteiger partial charge in [-0.25, -0.2) is 0 Å². The molecule has 0 aliphatic heterocycles. The van der Waals surface area contributed by atoms with Gasteiger partial charge in [-0.3, -0.25) is 9.67 Å². The van der Waals surface area contributed by atoms with E-state index in [9.17, 15) is 0 Å². The number of nitrogens with one attached hydrogen (secondary N) is 1. The molecule has 0 amide bonds. The molecule has 1 saturated carbocycles. The highest BCUT2D eigenvalue weighted by Gasteiger charge is 2.29. The molecule has 0 spiro atoms. The lowest BCUT2D eigenvalue weighted by Gasteiger charge is -2.06. The Bertz CT molecular complexity index is 656. The van der Waals surface area contributed by atoms with Gasteiger partial charge < -0.3 is 0 Å². The highest BCUT2D eigenvalue weighted by atomic mass is 32.1. The predicted molar refractivity (Wildman–Crippen MR) is 70.0 cm³/mol. The first-order valence-electron chi connectivity index (χ1n) is 5.93. The molecule has 0 bridgehead atoms. The van der Waals surface area contributed by atoms with E-state index in [0.717, 1.165) is 17.1 Å². The maximum atomic E-state index is 8.66. The Morgan fingerprint density at radius 1 is 1.39 bits per heavy atom. The van der Waals surface area contributed by atoms with E-state index in [1.54, 1.807) is 0 Å². The minimum absolute atomic E-state index is 0.437. The van der Waals surface area contributed by atoms with Crippen LogP contribution in [0.3, 0.4) is 0 Å². The van der Waals surface area contributed by atoms with Gasteiger partial charge in [-0.1, -0.05) is 12.1 Å². The number of H-pyrrole nitrogens is 1. The third-order valence-corrected chi connectivity index (χ3v) is 3.39. The Morgan fingerprint density at radius 3 is 2.72 bits per heavy atom. The molecule has 1 N–H and O–H groups in total.